The summed E-state index contributed by atoms with van der Waals surface area (Å²) >= 11 is 0. The molecule has 2 rings (SSSR count). The lowest BCUT2D eigenvalue weighted by molar-refractivity contribution is -0.134. The van der Waals surface area contributed by atoms with Crippen molar-refractivity contribution in [1.29, 1.82) is 0 Å². The Morgan fingerprint density at radius 2 is 1.95 bits per heavy atom. The van der Waals surface area contributed by atoms with Crippen LogP contribution < -0.4 is 5.32 Å². The summed E-state index contributed by atoms with van der Waals surface area (Å²) in [6, 6.07) is -0.120. The van der Waals surface area contributed by atoms with Crippen LogP contribution in [0.3, 0.4) is 0 Å². The normalized spacial score (nSPS) is 27.4. The predicted molar refractivity (Wildman–Crippen MR) is 83.9 cm³/mol. The van der Waals surface area contributed by atoms with Crippen LogP contribution >= 0.6 is 0 Å². The second kappa shape index (κ2) is 6.65. The van der Waals surface area contributed by atoms with Crippen LogP contribution in [0, 0.1) is 0 Å². The molecule has 1 saturated heterocycles. The van der Waals surface area contributed by atoms with Gasteiger partial charge in [0.1, 0.15) is 0 Å². The summed E-state index contributed by atoms with van der Waals surface area (Å²) < 4.78 is 23.3. The van der Waals surface area contributed by atoms with Gasteiger partial charge < -0.3 is 10.2 Å². The molecule has 1 unspecified atom stereocenters. The average molecular weight is 316 g/mol. The quantitative estimate of drug-likeness (QED) is 0.831. The standard InChI is InChI=1S/C15H28N2O3S/c1-3-17(13-7-10-21(19,20)12-13)14(18)11-15(16-2)8-5-4-6-9-15/h13,16H,3-12H2,1-2H3. The van der Waals surface area contributed by atoms with E-state index >= 15 is 0 Å². The summed E-state index contributed by atoms with van der Waals surface area (Å²) in [5.41, 5.74) is -0.0831. The van der Waals surface area contributed by atoms with Crippen molar-refractivity contribution in [2.24, 2.45) is 0 Å². The number of carbonyl (C=O) groups excluding carboxylic acids is 1. The minimum atomic E-state index is -2.95. The number of carbonyl (C=O) groups is 1. The molecule has 1 atom stereocenters. The van der Waals surface area contributed by atoms with Crippen LogP contribution in [0.1, 0.15) is 51.9 Å². The first-order valence-electron chi connectivity index (χ1n) is 8.10. The molecule has 1 saturated carbocycles. The number of nitrogens with zero attached hydrogens (tertiary/aromatic N) is 1. The number of nitrogens with one attached hydrogen (secondary N) is 1. The molecule has 1 aliphatic carbocycles. The van der Waals surface area contributed by atoms with Gasteiger partial charge in [0, 0.05) is 24.5 Å². The smallest absolute Gasteiger partial charge is 0.224 e. The highest BCUT2D eigenvalue weighted by atomic mass is 32.2. The fourth-order valence-electron chi connectivity index (χ4n) is 3.79. The largest absolute Gasteiger partial charge is 0.339 e. The third-order valence-corrected chi connectivity index (χ3v) is 6.89. The SMILES string of the molecule is CCN(C(=O)CC1(NC)CCCCC1)C1CCS(=O)(=O)C1. The molecule has 5 nitrogen and oxygen atoms in total. The Hall–Kier alpha value is -0.620. The van der Waals surface area contributed by atoms with Gasteiger partial charge in [-0.05, 0) is 33.2 Å². The molecule has 2 aliphatic rings. The monoisotopic (exact) mass is 316 g/mol. The van der Waals surface area contributed by atoms with E-state index in [1.54, 1.807) is 4.90 Å². The second-order valence-electron chi connectivity index (χ2n) is 6.50. The van der Waals surface area contributed by atoms with Gasteiger partial charge in [0.15, 0.2) is 9.84 Å². The molecule has 0 aromatic rings. The predicted octanol–water partition coefficient (Wildman–Crippen LogP) is 1.33. The molecule has 1 heterocycles. The molecule has 0 radical (unpaired) electrons. The van der Waals surface area contributed by atoms with E-state index in [-0.39, 0.29) is 29.0 Å². The van der Waals surface area contributed by atoms with E-state index in [1.165, 1.54) is 6.42 Å². The molecule has 21 heavy (non-hydrogen) atoms. The Balaban J connectivity index is 2.03. The molecule has 1 aliphatic heterocycles. The Bertz CT molecular complexity index is 469. The molecule has 2 fully saturated rings. The van der Waals surface area contributed by atoms with E-state index in [0.29, 0.717) is 19.4 Å². The number of sulfone groups is 1. The first-order valence-corrected chi connectivity index (χ1v) is 9.92. The van der Waals surface area contributed by atoms with E-state index in [0.717, 1.165) is 25.7 Å². The number of hydrogen-bond acceptors (Lipinski definition) is 4. The first-order chi connectivity index (χ1) is 9.91. The topological polar surface area (TPSA) is 66.5 Å². The summed E-state index contributed by atoms with van der Waals surface area (Å²) in [4.78, 5) is 14.5. The lowest BCUT2D eigenvalue weighted by atomic mass is 9.79. The highest BCUT2D eigenvalue weighted by molar-refractivity contribution is 7.91. The molecular weight excluding hydrogens is 288 g/mol. The summed E-state index contributed by atoms with van der Waals surface area (Å²) in [6.07, 6.45) is 6.74. The molecule has 6 heteroatoms. The Kier molecular flexibility index (Phi) is 5.30. The molecule has 0 aromatic carbocycles. The maximum Gasteiger partial charge on any atom is 0.224 e. The average Bonchev–Trinajstić information content (AvgIpc) is 2.80. The molecule has 1 N–H and O–H groups in total. The van der Waals surface area contributed by atoms with Gasteiger partial charge in [-0.1, -0.05) is 19.3 Å². The molecule has 0 bridgehead atoms. The highest BCUT2D eigenvalue weighted by Crippen LogP contribution is 2.32. The number of hydrogen-bond donors (Lipinski definition) is 1. The van der Waals surface area contributed by atoms with E-state index in [1.807, 2.05) is 14.0 Å². The van der Waals surface area contributed by atoms with Crippen molar-refractivity contribution < 1.29 is 13.2 Å². The Morgan fingerprint density at radius 1 is 1.29 bits per heavy atom. The van der Waals surface area contributed by atoms with Crippen molar-refractivity contribution in [3.63, 3.8) is 0 Å². The van der Waals surface area contributed by atoms with Crippen LogP contribution in [0.25, 0.3) is 0 Å². The van der Waals surface area contributed by atoms with Crippen LogP contribution in [-0.2, 0) is 14.6 Å². The van der Waals surface area contributed by atoms with Crippen molar-refractivity contribution in [1.82, 2.24) is 10.2 Å². The van der Waals surface area contributed by atoms with Crippen LogP contribution in [0.5, 0.6) is 0 Å². The zero-order valence-electron chi connectivity index (χ0n) is 13.2. The summed E-state index contributed by atoms with van der Waals surface area (Å²) in [6.45, 7) is 2.54. The van der Waals surface area contributed by atoms with E-state index < -0.39 is 9.84 Å². The van der Waals surface area contributed by atoms with Gasteiger partial charge in [-0.15, -0.1) is 0 Å². The van der Waals surface area contributed by atoms with E-state index in [4.69, 9.17) is 0 Å². The minimum absolute atomic E-state index is 0.0831. The van der Waals surface area contributed by atoms with Gasteiger partial charge in [0.2, 0.25) is 5.91 Å². The van der Waals surface area contributed by atoms with Gasteiger partial charge in [0.05, 0.1) is 11.5 Å². The fourth-order valence-corrected chi connectivity index (χ4v) is 5.52. The van der Waals surface area contributed by atoms with Gasteiger partial charge >= 0.3 is 0 Å². The van der Waals surface area contributed by atoms with Crippen molar-refractivity contribution in [2.45, 2.75) is 63.5 Å². The molecule has 0 spiro atoms. The third kappa shape index (κ3) is 3.97. The number of rotatable bonds is 5. The molecule has 1 amide bonds. The number of amides is 1. The van der Waals surface area contributed by atoms with Crippen molar-refractivity contribution >= 4 is 15.7 Å². The van der Waals surface area contributed by atoms with Crippen molar-refractivity contribution in [3.8, 4) is 0 Å². The van der Waals surface area contributed by atoms with Crippen molar-refractivity contribution in [3.05, 3.63) is 0 Å². The second-order valence-corrected chi connectivity index (χ2v) is 8.73. The minimum Gasteiger partial charge on any atom is -0.339 e. The zero-order valence-corrected chi connectivity index (χ0v) is 14.0. The van der Waals surface area contributed by atoms with E-state index in [2.05, 4.69) is 5.32 Å². The van der Waals surface area contributed by atoms with Gasteiger partial charge in [-0.3, -0.25) is 4.79 Å². The lowest BCUT2D eigenvalue weighted by Gasteiger charge is -2.39. The molecule has 122 valence electrons. The van der Waals surface area contributed by atoms with Crippen LogP contribution in [-0.4, -0.2) is 55.9 Å². The molecular formula is C15H28N2O3S. The zero-order chi connectivity index (χ0) is 15.5. The lowest BCUT2D eigenvalue weighted by Crippen LogP contribution is -2.51. The van der Waals surface area contributed by atoms with Crippen LogP contribution in [0.4, 0.5) is 0 Å². The van der Waals surface area contributed by atoms with Crippen LogP contribution in [0.2, 0.25) is 0 Å². The summed E-state index contributed by atoms with van der Waals surface area (Å²) in [5.74, 6) is 0.466. The summed E-state index contributed by atoms with van der Waals surface area (Å²) in [5, 5.41) is 3.37. The van der Waals surface area contributed by atoms with Gasteiger partial charge in [-0.25, -0.2) is 8.42 Å². The third-order valence-electron chi connectivity index (χ3n) is 5.14. The van der Waals surface area contributed by atoms with Gasteiger partial charge in [0.25, 0.3) is 0 Å². The Labute approximate surface area is 128 Å². The van der Waals surface area contributed by atoms with Crippen molar-refractivity contribution in [2.75, 3.05) is 25.1 Å². The van der Waals surface area contributed by atoms with Crippen LogP contribution in [0.15, 0.2) is 0 Å². The maximum atomic E-state index is 12.7. The fraction of sp³-hybridized carbons (Fsp3) is 0.933. The Morgan fingerprint density at radius 3 is 2.43 bits per heavy atom. The summed E-state index contributed by atoms with van der Waals surface area (Å²) in [7, 11) is -1.01. The first kappa shape index (κ1) is 16.7. The highest BCUT2D eigenvalue weighted by Gasteiger charge is 2.38. The maximum absolute atomic E-state index is 12.7. The van der Waals surface area contributed by atoms with Gasteiger partial charge in [-0.2, -0.15) is 0 Å². The van der Waals surface area contributed by atoms with E-state index in [9.17, 15) is 13.2 Å². The molecule has 0 aromatic heterocycles.